The Bertz CT molecular complexity index is 1100. The highest BCUT2D eigenvalue weighted by Gasteiger charge is 2.25. The summed E-state index contributed by atoms with van der Waals surface area (Å²) in [5.74, 6) is -1.39. The number of carboxylic acids is 1. The molecule has 0 spiro atoms. The van der Waals surface area contributed by atoms with Gasteiger partial charge in [-0.25, -0.2) is 0 Å². The molecule has 0 aliphatic heterocycles. The van der Waals surface area contributed by atoms with E-state index in [1.54, 1.807) is 0 Å². The monoisotopic (exact) mass is 446 g/mol. The first-order valence-corrected chi connectivity index (χ1v) is 12.3. The number of benzene rings is 2. The van der Waals surface area contributed by atoms with Crippen molar-refractivity contribution < 1.29 is 9.90 Å². The summed E-state index contributed by atoms with van der Waals surface area (Å²) in [6.45, 7) is 0. The molecular weight excluding hydrogens is 412 g/mol. The summed E-state index contributed by atoms with van der Waals surface area (Å²) in [7, 11) is 2.09. The molecule has 3 aromatic rings. The van der Waals surface area contributed by atoms with Gasteiger partial charge in [-0.05, 0) is 74.1 Å². The van der Waals surface area contributed by atoms with E-state index in [0.29, 0.717) is 6.42 Å². The Hall–Kier alpha value is -2.95. The number of nitrogens with zero attached hydrogens (tertiary/aromatic N) is 2. The second-order valence-corrected chi connectivity index (χ2v) is 9.44. The van der Waals surface area contributed by atoms with Gasteiger partial charge in [0, 0.05) is 23.6 Å². The Morgan fingerprint density at radius 3 is 2.61 bits per heavy atom. The Morgan fingerprint density at radius 1 is 1.06 bits per heavy atom. The first-order valence-electron chi connectivity index (χ1n) is 12.3. The zero-order chi connectivity index (χ0) is 23.2. The molecule has 0 saturated carbocycles. The smallest absolute Gasteiger partial charge is 0.306 e. The summed E-state index contributed by atoms with van der Waals surface area (Å²) < 4.78 is 2.25. The van der Waals surface area contributed by atoms with Crippen molar-refractivity contribution in [3.63, 3.8) is 0 Å². The zero-order valence-corrected chi connectivity index (χ0v) is 19.5. The minimum absolute atomic E-state index is 0.257. The molecule has 0 saturated heterocycles. The fourth-order valence-corrected chi connectivity index (χ4v) is 5.38. The average molecular weight is 447 g/mol. The molecule has 0 radical (unpaired) electrons. The molecule has 4 rings (SSSR count). The first-order chi connectivity index (χ1) is 16.1. The van der Waals surface area contributed by atoms with E-state index in [2.05, 4.69) is 41.1 Å². The highest BCUT2D eigenvalue weighted by molar-refractivity contribution is 5.86. The van der Waals surface area contributed by atoms with Crippen molar-refractivity contribution in [1.29, 1.82) is 0 Å². The largest absolute Gasteiger partial charge is 0.481 e. The highest BCUT2D eigenvalue weighted by atomic mass is 16.4. The molecule has 1 aliphatic rings. The molecular formula is C28H34N2O3. The van der Waals surface area contributed by atoms with E-state index in [0.717, 1.165) is 49.6 Å². The van der Waals surface area contributed by atoms with Gasteiger partial charge in [-0.1, -0.05) is 60.5 Å². The molecule has 1 N–H and O–H groups in total. The van der Waals surface area contributed by atoms with Crippen LogP contribution in [0.15, 0.2) is 53.7 Å². The van der Waals surface area contributed by atoms with Gasteiger partial charge in [-0.3, -0.25) is 4.79 Å². The third kappa shape index (κ3) is 5.35. The van der Waals surface area contributed by atoms with E-state index < -0.39 is 17.9 Å². The molecule has 2 atom stereocenters. The van der Waals surface area contributed by atoms with E-state index >= 15 is 0 Å². The molecule has 2 unspecified atom stereocenters. The quantitative estimate of drug-likeness (QED) is 0.261. The van der Waals surface area contributed by atoms with Crippen molar-refractivity contribution in [3.8, 4) is 0 Å². The Morgan fingerprint density at radius 2 is 1.85 bits per heavy atom. The van der Waals surface area contributed by atoms with Gasteiger partial charge in [-0.2, -0.15) is 4.91 Å². The number of hydrogen-bond acceptors (Lipinski definition) is 3. The molecule has 174 valence electrons. The van der Waals surface area contributed by atoms with Gasteiger partial charge in [0.1, 0.15) is 6.04 Å². The second kappa shape index (κ2) is 10.8. The Kier molecular flexibility index (Phi) is 7.58. The zero-order valence-electron chi connectivity index (χ0n) is 19.5. The van der Waals surface area contributed by atoms with Crippen LogP contribution in [-0.4, -0.2) is 15.6 Å². The van der Waals surface area contributed by atoms with Crippen LogP contribution in [0.1, 0.15) is 73.4 Å². The van der Waals surface area contributed by atoms with Crippen molar-refractivity contribution in [2.24, 2.45) is 18.1 Å². The molecule has 1 heterocycles. The maximum Gasteiger partial charge on any atom is 0.306 e. The van der Waals surface area contributed by atoms with E-state index in [-0.39, 0.29) is 6.42 Å². The van der Waals surface area contributed by atoms with Crippen LogP contribution in [0.25, 0.3) is 10.9 Å². The number of fused-ring (bicyclic) bond motifs is 3. The van der Waals surface area contributed by atoms with Gasteiger partial charge in [0.2, 0.25) is 0 Å². The average Bonchev–Trinajstić information content (AvgIpc) is 3.13. The topological polar surface area (TPSA) is 71.7 Å². The molecule has 0 fully saturated rings. The molecule has 5 nitrogen and oxygen atoms in total. The molecule has 2 aromatic carbocycles. The molecule has 1 aliphatic carbocycles. The van der Waals surface area contributed by atoms with Crippen LogP contribution >= 0.6 is 0 Å². The summed E-state index contributed by atoms with van der Waals surface area (Å²) in [6, 6.07) is 15.9. The molecule has 33 heavy (non-hydrogen) atoms. The standard InChI is InChI=1S/C28H34N2O3/c1-30-26-15-9-8-14-23(26)24-17-16-21(19-27(24)30)25(29-33)18-22(28(31)32)13-7-3-6-12-20-10-4-2-5-11-20/h2,4-5,10-11,16-17,19,22,25H,3,6-9,12-15,18H2,1H3,(H,31,32). The first kappa shape index (κ1) is 23.2. The number of aromatic nitrogens is 1. The fourth-order valence-electron chi connectivity index (χ4n) is 5.38. The normalized spacial score (nSPS) is 15.2. The number of hydrogen-bond donors (Lipinski definition) is 1. The van der Waals surface area contributed by atoms with Crippen LogP contribution in [0.2, 0.25) is 0 Å². The van der Waals surface area contributed by atoms with E-state index in [9.17, 15) is 14.8 Å². The van der Waals surface area contributed by atoms with Crippen LogP contribution in [0, 0.1) is 10.8 Å². The van der Waals surface area contributed by atoms with Crippen molar-refractivity contribution >= 4 is 16.9 Å². The van der Waals surface area contributed by atoms with Crippen molar-refractivity contribution in [2.45, 2.75) is 70.3 Å². The molecule has 5 heteroatoms. The fraction of sp³-hybridized carbons (Fsp3) is 0.464. The number of unbranched alkanes of at least 4 members (excludes halogenated alkanes) is 2. The number of carboxylic acid groups (broad SMARTS) is 1. The predicted molar refractivity (Wildman–Crippen MR) is 132 cm³/mol. The minimum atomic E-state index is -0.831. The SMILES string of the molecule is Cn1c2c(c3ccc(C(CC(CCCCCc4ccccc4)C(=O)O)N=O)cc31)CCCC2. The summed E-state index contributed by atoms with van der Waals surface area (Å²) in [6.07, 6.45) is 9.36. The lowest BCUT2D eigenvalue weighted by Gasteiger charge is -2.16. The van der Waals surface area contributed by atoms with Crippen LogP contribution in [-0.2, 0) is 31.1 Å². The number of nitroso groups, excluding NO2 is 1. The minimum Gasteiger partial charge on any atom is -0.481 e. The van der Waals surface area contributed by atoms with Crippen molar-refractivity contribution in [2.75, 3.05) is 0 Å². The molecule has 0 amide bonds. The number of aliphatic carboxylic acids is 1. The van der Waals surface area contributed by atoms with E-state index in [1.165, 1.54) is 35.0 Å². The van der Waals surface area contributed by atoms with Crippen LogP contribution in [0.5, 0.6) is 0 Å². The summed E-state index contributed by atoms with van der Waals surface area (Å²) >= 11 is 0. The predicted octanol–water partition coefficient (Wildman–Crippen LogP) is 6.76. The third-order valence-corrected chi connectivity index (χ3v) is 7.28. The van der Waals surface area contributed by atoms with Gasteiger partial charge in [0.25, 0.3) is 0 Å². The number of aryl methyl sites for hydroxylation is 3. The lowest BCUT2D eigenvalue weighted by atomic mass is 9.90. The maximum atomic E-state index is 11.9. The lowest BCUT2D eigenvalue weighted by Crippen LogP contribution is -2.16. The van der Waals surface area contributed by atoms with Gasteiger partial charge in [0.15, 0.2) is 0 Å². The Labute approximate surface area is 195 Å². The van der Waals surface area contributed by atoms with Crippen LogP contribution < -0.4 is 0 Å². The van der Waals surface area contributed by atoms with Crippen LogP contribution in [0.3, 0.4) is 0 Å². The van der Waals surface area contributed by atoms with Crippen molar-refractivity contribution in [1.82, 2.24) is 4.57 Å². The summed E-state index contributed by atoms with van der Waals surface area (Å²) in [5.41, 5.74) is 6.09. The van der Waals surface area contributed by atoms with Gasteiger partial charge < -0.3 is 9.67 Å². The van der Waals surface area contributed by atoms with E-state index in [1.807, 2.05) is 24.3 Å². The van der Waals surface area contributed by atoms with Crippen molar-refractivity contribution in [3.05, 3.63) is 75.8 Å². The number of carbonyl (C=O) groups is 1. The van der Waals surface area contributed by atoms with Gasteiger partial charge in [-0.15, -0.1) is 0 Å². The van der Waals surface area contributed by atoms with Crippen LogP contribution in [0.4, 0.5) is 0 Å². The Balaban J connectivity index is 1.39. The second-order valence-electron chi connectivity index (χ2n) is 9.44. The molecule has 1 aromatic heterocycles. The summed E-state index contributed by atoms with van der Waals surface area (Å²) in [4.78, 5) is 23.7. The highest BCUT2D eigenvalue weighted by Crippen LogP contribution is 2.35. The van der Waals surface area contributed by atoms with Gasteiger partial charge in [0.05, 0.1) is 5.92 Å². The summed E-state index contributed by atoms with van der Waals surface area (Å²) in [5, 5.41) is 14.4. The molecule has 0 bridgehead atoms. The van der Waals surface area contributed by atoms with E-state index in [4.69, 9.17) is 0 Å². The third-order valence-electron chi connectivity index (χ3n) is 7.28. The lowest BCUT2D eigenvalue weighted by molar-refractivity contribution is -0.142. The van der Waals surface area contributed by atoms with Gasteiger partial charge >= 0.3 is 5.97 Å². The maximum absolute atomic E-state index is 11.9. The number of rotatable bonds is 11.